The Morgan fingerprint density at radius 2 is 1.50 bits per heavy atom. The zero-order valence-corrected chi connectivity index (χ0v) is 15.0. The van der Waals surface area contributed by atoms with Gasteiger partial charge in [0.25, 0.3) is 0 Å². The van der Waals surface area contributed by atoms with Crippen LogP contribution < -0.4 is 5.32 Å². The minimum Gasteiger partial charge on any atom is -0.324 e. The number of anilines is 1. The first-order valence-corrected chi connectivity index (χ1v) is 9.24. The standard InChI is InChI=1S/C21H26FN3O/c22-19-8-4-5-9-20(19)23-21(26)11-13-25-16-14-24(15-17-25)12-10-18-6-2-1-3-7-18/h1-9H,10-17H2,(H,23,26). The van der Waals surface area contributed by atoms with E-state index in [1.165, 1.54) is 11.6 Å². The summed E-state index contributed by atoms with van der Waals surface area (Å²) in [5.41, 5.74) is 1.63. The van der Waals surface area contributed by atoms with Crippen molar-refractivity contribution >= 4 is 11.6 Å². The van der Waals surface area contributed by atoms with E-state index < -0.39 is 5.82 Å². The van der Waals surface area contributed by atoms with Crippen molar-refractivity contribution in [3.05, 3.63) is 66.0 Å². The van der Waals surface area contributed by atoms with Crippen LogP contribution in [0.4, 0.5) is 10.1 Å². The van der Waals surface area contributed by atoms with Gasteiger partial charge in [-0.15, -0.1) is 0 Å². The number of carbonyl (C=O) groups excluding carboxylic acids is 1. The maximum Gasteiger partial charge on any atom is 0.225 e. The van der Waals surface area contributed by atoms with E-state index in [1.807, 2.05) is 6.07 Å². The molecule has 1 heterocycles. The van der Waals surface area contributed by atoms with Gasteiger partial charge >= 0.3 is 0 Å². The van der Waals surface area contributed by atoms with E-state index in [2.05, 4.69) is 39.4 Å². The summed E-state index contributed by atoms with van der Waals surface area (Å²) in [6, 6.07) is 16.8. The molecule has 1 amide bonds. The van der Waals surface area contributed by atoms with E-state index in [9.17, 15) is 9.18 Å². The second-order valence-electron chi connectivity index (χ2n) is 6.70. The summed E-state index contributed by atoms with van der Waals surface area (Å²) in [6.07, 6.45) is 1.46. The zero-order valence-electron chi connectivity index (χ0n) is 15.0. The number of carbonyl (C=O) groups is 1. The van der Waals surface area contributed by atoms with Crippen molar-refractivity contribution in [2.75, 3.05) is 44.6 Å². The molecule has 0 bridgehead atoms. The van der Waals surface area contributed by atoms with Crippen LogP contribution in [-0.4, -0.2) is 55.0 Å². The number of para-hydroxylation sites is 1. The predicted molar refractivity (Wildman–Crippen MR) is 103 cm³/mol. The third kappa shape index (κ3) is 5.64. The predicted octanol–water partition coefficient (Wildman–Crippen LogP) is 3.01. The molecule has 1 saturated heterocycles. The number of halogens is 1. The normalized spacial score (nSPS) is 15.7. The number of nitrogens with zero attached hydrogens (tertiary/aromatic N) is 2. The summed E-state index contributed by atoms with van der Waals surface area (Å²) in [5.74, 6) is -0.533. The molecule has 0 aromatic heterocycles. The quantitative estimate of drug-likeness (QED) is 0.829. The second-order valence-corrected chi connectivity index (χ2v) is 6.70. The zero-order chi connectivity index (χ0) is 18.2. The van der Waals surface area contributed by atoms with Gasteiger partial charge in [0.15, 0.2) is 0 Å². The maximum atomic E-state index is 13.6. The molecule has 3 rings (SSSR count). The lowest BCUT2D eigenvalue weighted by atomic mass is 10.1. The molecule has 0 atom stereocenters. The van der Waals surface area contributed by atoms with Crippen LogP contribution in [0.25, 0.3) is 0 Å². The van der Waals surface area contributed by atoms with Crippen molar-refractivity contribution in [2.45, 2.75) is 12.8 Å². The van der Waals surface area contributed by atoms with Crippen LogP contribution in [0, 0.1) is 5.82 Å². The number of rotatable bonds is 7. The van der Waals surface area contributed by atoms with Crippen molar-refractivity contribution in [1.29, 1.82) is 0 Å². The molecular formula is C21H26FN3O. The summed E-state index contributed by atoms with van der Waals surface area (Å²) in [4.78, 5) is 16.8. The Morgan fingerprint density at radius 3 is 2.19 bits per heavy atom. The van der Waals surface area contributed by atoms with Gasteiger partial charge in [0, 0.05) is 45.7 Å². The van der Waals surface area contributed by atoms with E-state index in [0.29, 0.717) is 13.0 Å². The fourth-order valence-electron chi connectivity index (χ4n) is 3.20. The number of benzene rings is 2. The highest BCUT2D eigenvalue weighted by molar-refractivity contribution is 5.90. The highest BCUT2D eigenvalue weighted by Gasteiger charge is 2.17. The van der Waals surface area contributed by atoms with Gasteiger partial charge in [0.1, 0.15) is 5.82 Å². The molecule has 1 aliphatic rings. The van der Waals surface area contributed by atoms with Crippen LogP contribution in [0.1, 0.15) is 12.0 Å². The van der Waals surface area contributed by atoms with Crippen molar-refractivity contribution in [1.82, 2.24) is 9.80 Å². The van der Waals surface area contributed by atoms with Crippen LogP contribution in [0.15, 0.2) is 54.6 Å². The van der Waals surface area contributed by atoms with Crippen LogP contribution in [0.2, 0.25) is 0 Å². The van der Waals surface area contributed by atoms with Gasteiger partial charge in [-0.2, -0.15) is 0 Å². The highest BCUT2D eigenvalue weighted by atomic mass is 19.1. The third-order valence-corrected chi connectivity index (χ3v) is 4.83. The van der Waals surface area contributed by atoms with Crippen molar-refractivity contribution in [3.63, 3.8) is 0 Å². The minimum atomic E-state index is -0.395. The topological polar surface area (TPSA) is 35.6 Å². The lowest BCUT2D eigenvalue weighted by Gasteiger charge is -2.34. The van der Waals surface area contributed by atoms with Gasteiger partial charge in [-0.05, 0) is 24.1 Å². The van der Waals surface area contributed by atoms with E-state index in [1.54, 1.807) is 18.2 Å². The summed E-state index contributed by atoms with van der Waals surface area (Å²) in [5, 5.41) is 2.65. The molecular weight excluding hydrogens is 329 g/mol. The first-order valence-electron chi connectivity index (χ1n) is 9.24. The molecule has 1 aliphatic heterocycles. The molecule has 1 fully saturated rings. The average Bonchev–Trinajstić information content (AvgIpc) is 2.68. The van der Waals surface area contributed by atoms with Gasteiger partial charge in [-0.1, -0.05) is 42.5 Å². The Kier molecular flexibility index (Phi) is 6.75. The molecule has 1 N–H and O–H groups in total. The Bertz CT molecular complexity index is 699. The van der Waals surface area contributed by atoms with Crippen LogP contribution in [0.5, 0.6) is 0 Å². The average molecular weight is 355 g/mol. The van der Waals surface area contributed by atoms with Crippen LogP contribution in [0.3, 0.4) is 0 Å². The fraction of sp³-hybridized carbons (Fsp3) is 0.381. The highest BCUT2D eigenvalue weighted by Crippen LogP contribution is 2.13. The van der Waals surface area contributed by atoms with Gasteiger partial charge < -0.3 is 15.1 Å². The molecule has 0 unspecified atom stereocenters. The molecule has 4 nitrogen and oxygen atoms in total. The van der Waals surface area contributed by atoms with E-state index in [-0.39, 0.29) is 11.6 Å². The summed E-state index contributed by atoms with van der Waals surface area (Å²) in [6.45, 7) is 5.80. The fourth-order valence-corrected chi connectivity index (χ4v) is 3.20. The first-order chi connectivity index (χ1) is 12.7. The molecule has 26 heavy (non-hydrogen) atoms. The number of piperazine rings is 1. The van der Waals surface area contributed by atoms with Gasteiger partial charge in [-0.3, -0.25) is 4.79 Å². The van der Waals surface area contributed by atoms with E-state index >= 15 is 0 Å². The summed E-state index contributed by atoms with van der Waals surface area (Å²) >= 11 is 0. The largest absolute Gasteiger partial charge is 0.324 e. The molecule has 5 heteroatoms. The SMILES string of the molecule is O=C(CCN1CCN(CCc2ccccc2)CC1)Nc1ccccc1F. The van der Waals surface area contributed by atoms with Gasteiger partial charge in [0.2, 0.25) is 5.91 Å². The molecule has 0 radical (unpaired) electrons. The third-order valence-electron chi connectivity index (χ3n) is 4.83. The monoisotopic (exact) mass is 355 g/mol. The summed E-state index contributed by atoms with van der Waals surface area (Å²) < 4.78 is 13.6. The Balaban J connectivity index is 1.34. The van der Waals surface area contributed by atoms with Gasteiger partial charge in [-0.25, -0.2) is 4.39 Å². The lowest BCUT2D eigenvalue weighted by Crippen LogP contribution is -2.47. The summed E-state index contributed by atoms with van der Waals surface area (Å²) in [7, 11) is 0. The number of nitrogens with one attached hydrogen (secondary N) is 1. The maximum absolute atomic E-state index is 13.6. The molecule has 2 aromatic rings. The number of amides is 1. The first kappa shape index (κ1) is 18.5. The van der Waals surface area contributed by atoms with Gasteiger partial charge in [0.05, 0.1) is 5.69 Å². The molecule has 138 valence electrons. The number of hydrogen-bond donors (Lipinski definition) is 1. The Morgan fingerprint density at radius 1 is 0.885 bits per heavy atom. The molecule has 0 spiro atoms. The molecule has 2 aromatic carbocycles. The minimum absolute atomic E-state index is 0.137. The lowest BCUT2D eigenvalue weighted by molar-refractivity contribution is -0.116. The van der Waals surface area contributed by atoms with E-state index in [4.69, 9.17) is 0 Å². The van der Waals surface area contributed by atoms with Crippen molar-refractivity contribution in [3.8, 4) is 0 Å². The second kappa shape index (κ2) is 9.46. The van der Waals surface area contributed by atoms with Crippen molar-refractivity contribution in [2.24, 2.45) is 0 Å². The van der Waals surface area contributed by atoms with Crippen LogP contribution >= 0.6 is 0 Å². The van der Waals surface area contributed by atoms with E-state index in [0.717, 1.165) is 39.1 Å². The molecule has 0 aliphatic carbocycles. The molecule has 0 saturated carbocycles. The Hall–Kier alpha value is -2.24. The van der Waals surface area contributed by atoms with Crippen LogP contribution in [-0.2, 0) is 11.2 Å². The Labute approximate surface area is 154 Å². The number of hydrogen-bond acceptors (Lipinski definition) is 3. The van der Waals surface area contributed by atoms with Crippen molar-refractivity contribution < 1.29 is 9.18 Å². The smallest absolute Gasteiger partial charge is 0.225 e.